The van der Waals surface area contributed by atoms with Crippen molar-refractivity contribution in [3.8, 4) is 0 Å². The molecule has 2 rings (SSSR count). The van der Waals surface area contributed by atoms with Crippen molar-refractivity contribution in [3.63, 3.8) is 0 Å². The van der Waals surface area contributed by atoms with E-state index in [-0.39, 0.29) is 12.4 Å². The molecule has 0 unspecified atom stereocenters. The van der Waals surface area contributed by atoms with E-state index in [1.54, 1.807) is 6.07 Å². The Bertz CT molecular complexity index is 428. The van der Waals surface area contributed by atoms with Gasteiger partial charge < -0.3 is 10.2 Å². The molecular weight excluding hydrogens is 223 g/mol. The molecule has 5 heteroatoms. The van der Waals surface area contributed by atoms with E-state index in [0.717, 1.165) is 5.52 Å². The number of aromatic nitrogens is 1. The summed E-state index contributed by atoms with van der Waals surface area (Å²) in [6.45, 7) is 0.532. The summed E-state index contributed by atoms with van der Waals surface area (Å²) in [6.07, 6.45) is 0.644. The molecule has 0 aliphatic heterocycles. The first kappa shape index (κ1) is 11.3. The number of fused-ring (bicyclic) bond motifs is 1. The average molecular weight is 233 g/mol. The van der Waals surface area contributed by atoms with Crippen LogP contribution in [-0.4, -0.2) is 11.5 Å². The third kappa shape index (κ3) is 2.00. The number of halogens is 2. The summed E-state index contributed by atoms with van der Waals surface area (Å²) in [6, 6.07) is 5.49. The van der Waals surface area contributed by atoms with Crippen LogP contribution in [0.15, 0.2) is 22.6 Å². The Kier molecular flexibility index (Phi) is 3.75. The maximum absolute atomic E-state index is 5.91. The summed E-state index contributed by atoms with van der Waals surface area (Å²) in [5.41, 5.74) is 6.82. The van der Waals surface area contributed by atoms with Gasteiger partial charge in [-0.05, 0) is 12.1 Å². The second-order valence-corrected chi connectivity index (χ2v) is 3.14. The molecule has 2 aromatic rings. The molecule has 0 aliphatic carbocycles. The lowest BCUT2D eigenvalue weighted by Gasteiger charge is -1.88. The van der Waals surface area contributed by atoms with Gasteiger partial charge in [0.15, 0.2) is 11.5 Å². The molecule has 0 atom stereocenters. The molecule has 0 spiro atoms. The number of rotatable bonds is 2. The van der Waals surface area contributed by atoms with Crippen LogP contribution < -0.4 is 5.73 Å². The fourth-order valence-corrected chi connectivity index (χ4v) is 1.40. The first-order valence-corrected chi connectivity index (χ1v) is 4.43. The van der Waals surface area contributed by atoms with Crippen LogP contribution in [-0.2, 0) is 6.42 Å². The highest BCUT2D eigenvalue weighted by Crippen LogP contribution is 2.23. The normalized spacial score (nSPS) is 10.1. The van der Waals surface area contributed by atoms with E-state index in [9.17, 15) is 0 Å². The molecular formula is C9H10Cl2N2O. The first-order valence-electron chi connectivity index (χ1n) is 4.05. The van der Waals surface area contributed by atoms with Gasteiger partial charge in [-0.15, -0.1) is 12.4 Å². The van der Waals surface area contributed by atoms with Crippen molar-refractivity contribution in [1.29, 1.82) is 0 Å². The Balaban J connectivity index is 0.000000980. The molecule has 1 aromatic heterocycles. The Morgan fingerprint density at radius 1 is 1.43 bits per heavy atom. The van der Waals surface area contributed by atoms with E-state index in [4.69, 9.17) is 21.8 Å². The lowest BCUT2D eigenvalue weighted by atomic mass is 10.3. The summed E-state index contributed by atoms with van der Waals surface area (Å²) < 4.78 is 5.42. The van der Waals surface area contributed by atoms with Crippen molar-refractivity contribution in [2.75, 3.05) is 6.54 Å². The number of benzene rings is 1. The molecule has 0 saturated carbocycles. The quantitative estimate of drug-likeness (QED) is 0.866. The van der Waals surface area contributed by atoms with Gasteiger partial charge in [-0.1, -0.05) is 17.7 Å². The summed E-state index contributed by atoms with van der Waals surface area (Å²) in [4.78, 5) is 4.23. The second kappa shape index (κ2) is 4.64. The maximum atomic E-state index is 5.91. The fourth-order valence-electron chi connectivity index (χ4n) is 1.19. The van der Waals surface area contributed by atoms with Crippen molar-refractivity contribution in [2.45, 2.75) is 6.42 Å². The summed E-state index contributed by atoms with van der Waals surface area (Å²) >= 11 is 5.91. The van der Waals surface area contributed by atoms with Crippen LogP contribution in [0.1, 0.15) is 5.89 Å². The van der Waals surface area contributed by atoms with Gasteiger partial charge in [-0.2, -0.15) is 0 Å². The van der Waals surface area contributed by atoms with Gasteiger partial charge in [0.2, 0.25) is 0 Å². The molecule has 76 valence electrons. The molecule has 1 heterocycles. The van der Waals surface area contributed by atoms with Crippen LogP contribution >= 0.6 is 24.0 Å². The third-order valence-corrected chi connectivity index (χ3v) is 2.07. The van der Waals surface area contributed by atoms with Crippen molar-refractivity contribution in [1.82, 2.24) is 4.98 Å². The summed E-state index contributed by atoms with van der Waals surface area (Å²) in [7, 11) is 0. The molecule has 14 heavy (non-hydrogen) atoms. The standard InChI is InChI=1S/C9H9ClN2O.ClH/c10-6-2-1-3-7-9(6)13-8(12-7)4-5-11;/h1-3H,4-5,11H2;1H. The van der Waals surface area contributed by atoms with E-state index in [0.29, 0.717) is 29.5 Å². The van der Waals surface area contributed by atoms with Crippen LogP contribution in [0.25, 0.3) is 11.1 Å². The largest absolute Gasteiger partial charge is 0.439 e. The monoisotopic (exact) mass is 232 g/mol. The molecule has 1 aromatic carbocycles. The van der Waals surface area contributed by atoms with Crippen LogP contribution in [0.5, 0.6) is 0 Å². The van der Waals surface area contributed by atoms with Gasteiger partial charge in [0.05, 0.1) is 5.02 Å². The molecule has 0 fully saturated rings. The third-order valence-electron chi connectivity index (χ3n) is 1.77. The first-order chi connectivity index (χ1) is 6.31. The molecule has 3 nitrogen and oxygen atoms in total. The number of hydrogen-bond acceptors (Lipinski definition) is 3. The van der Waals surface area contributed by atoms with Gasteiger partial charge in [0, 0.05) is 13.0 Å². The maximum Gasteiger partial charge on any atom is 0.196 e. The minimum atomic E-state index is 0. The smallest absolute Gasteiger partial charge is 0.196 e. The molecule has 0 aliphatic rings. The highest BCUT2D eigenvalue weighted by Gasteiger charge is 2.06. The molecule has 0 radical (unpaired) electrons. The van der Waals surface area contributed by atoms with Gasteiger partial charge in [0.25, 0.3) is 0 Å². The Labute approximate surface area is 92.7 Å². The number of oxazole rings is 1. The second-order valence-electron chi connectivity index (χ2n) is 2.73. The van der Waals surface area contributed by atoms with E-state index >= 15 is 0 Å². The van der Waals surface area contributed by atoms with Gasteiger partial charge in [-0.3, -0.25) is 0 Å². The highest BCUT2D eigenvalue weighted by molar-refractivity contribution is 6.34. The van der Waals surface area contributed by atoms with Crippen LogP contribution in [0.3, 0.4) is 0 Å². The molecule has 0 amide bonds. The zero-order valence-corrected chi connectivity index (χ0v) is 8.94. The van der Waals surface area contributed by atoms with Crippen molar-refractivity contribution in [3.05, 3.63) is 29.1 Å². The van der Waals surface area contributed by atoms with Gasteiger partial charge in [-0.25, -0.2) is 4.98 Å². The Morgan fingerprint density at radius 3 is 2.86 bits per heavy atom. The summed E-state index contributed by atoms with van der Waals surface area (Å²) in [5.74, 6) is 0.644. The van der Waals surface area contributed by atoms with Crippen molar-refractivity contribution < 1.29 is 4.42 Å². The summed E-state index contributed by atoms with van der Waals surface area (Å²) in [5, 5.41) is 0.591. The average Bonchev–Trinajstić information content (AvgIpc) is 2.49. The van der Waals surface area contributed by atoms with E-state index in [1.807, 2.05) is 12.1 Å². The predicted octanol–water partition coefficient (Wildman–Crippen LogP) is 2.40. The zero-order valence-electron chi connectivity index (χ0n) is 7.37. The van der Waals surface area contributed by atoms with Crippen LogP contribution in [0.2, 0.25) is 5.02 Å². The minimum absolute atomic E-state index is 0. The molecule has 0 bridgehead atoms. The minimum Gasteiger partial charge on any atom is -0.439 e. The SMILES string of the molecule is Cl.NCCc1nc2cccc(Cl)c2o1. The molecule has 0 saturated heterocycles. The lowest BCUT2D eigenvalue weighted by Crippen LogP contribution is -2.02. The predicted molar refractivity (Wildman–Crippen MR) is 59.0 cm³/mol. The van der Waals surface area contributed by atoms with Crippen molar-refractivity contribution >= 4 is 35.1 Å². The van der Waals surface area contributed by atoms with Crippen LogP contribution in [0, 0.1) is 0 Å². The Hall–Kier alpha value is -0.770. The number of nitrogens with zero attached hydrogens (tertiary/aromatic N) is 1. The number of hydrogen-bond donors (Lipinski definition) is 1. The van der Waals surface area contributed by atoms with Gasteiger partial charge in [0.1, 0.15) is 5.52 Å². The Morgan fingerprint density at radius 2 is 2.21 bits per heavy atom. The zero-order chi connectivity index (χ0) is 9.26. The van der Waals surface area contributed by atoms with Crippen LogP contribution in [0.4, 0.5) is 0 Å². The molecule has 2 N–H and O–H groups in total. The van der Waals surface area contributed by atoms with Crippen molar-refractivity contribution in [2.24, 2.45) is 5.73 Å². The highest BCUT2D eigenvalue weighted by atomic mass is 35.5. The van der Waals surface area contributed by atoms with Gasteiger partial charge >= 0.3 is 0 Å². The van der Waals surface area contributed by atoms with E-state index in [1.165, 1.54) is 0 Å². The van der Waals surface area contributed by atoms with E-state index < -0.39 is 0 Å². The number of para-hydroxylation sites is 1. The topological polar surface area (TPSA) is 52.0 Å². The van der Waals surface area contributed by atoms with E-state index in [2.05, 4.69) is 4.98 Å². The fraction of sp³-hybridized carbons (Fsp3) is 0.222. The lowest BCUT2D eigenvalue weighted by molar-refractivity contribution is 0.531. The number of nitrogens with two attached hydrogens (primary N) is 1.